The van der Waals surface area contributed by atoms with Gasteiger partial charge in [0.2, 0.25) is 0 Å². The molecule has 4 nitrogen and oxygen atoms in total. The second kappa shape index (κ2) is 3.90. The number of hydrogen-bond acceptors (Lipinski definition) is 3. The molecule has 1 aromatic carbocycles. The summed E-state index contributed by atoms with van der Waals surface area (Å²) in [6, 6.07) is 9.30. The topological polar surface area (TPSA) is 48.0 Å². The quantitative estimate of drug-likeness (QED) is 0.645. The molecule has 0 N–H and O–H groups in total. The van der Waals surface area contributed by atoms with Crippen molar-refractivity contribution in [2.75, 3.05) is 0 Å². The van der Waals surface area contributed by atoms with Gasteiger partial charge in [-0.1, -0.05) is 18.2 Å². The Morgan fingerprint density at radius 1 is 1.29 bits per heavy atom. The average molecular weight is 226 g/mol. The highest BCUT2D eigenvalue weighted by Crippen LogP contribution is 2.21. The molecule has 2 aromatic heterocycles. The van der Waals surface area contributed by atoms with E-state index in [4.69, 9.17) is 4.42 Å². The molecule has 0 saturated heterocycles. The normalized spacial score (nSPS) is 10.8. The molecule has 0 aliphatic rings. The number of hydrogen-bond donors (Lipinski definition) is 0. The van der Waals surface area contributed by atoms with Gasteiger partial charge in [0.1, 0.15) is 18.4 Å². The van der Waals surface area contributed by atoms with E-state index in [0.29, 0.717) is 5.56 Å². The predicted molar refractivity (Wildman–Crippen MR) is 62.8 cm³/mol. The van der Waals surface area contributed by atoms with E-state index < -0.39 is 0 Å². The zero-order chi connectivity index (χ0) is 11.7. The number of benzene rings is 1. The van der Waals surface area contributed by atoms with Gasteiger partial charge in [0.15, 0.2) is 5.78 Å². The van der Waals surface area contributed by atoms with Gasteiger partial charge in [-0.3, -0.25) is 9.48 Å². The first-order valence-corrected chi connectivity index (χ1v) is 5.31. The Hall–Kier alpha value is -2.36. The van der Waals surface area contributed by atoms with Crippen molar-refractivity contribution < 1.29 is 9.21 Å². The highest BCUT2D eigenvalue weighted by molar-refractivity contribution is 6.06. The van der Waals surface area contributed by atoms with Crippen molar-refractivity contribution in [3.63, 3.8) is 0 Å². The lowest BCUT2D eigenvalue weighted by molar-refractivity contribution is 0.0968. The van der Waals surface area contributed by atoms with Crippen LogP contribution in [-0.4, -0.2) is 15.6 Å². The summed E-state index contributed by atoms with van der Waals surface area (Å²) in [4.78, 5) is 12.1. The summed E-state index contributed by atoms with van der Waals surface area (Å²) in [5, 5.41) is 4.86. The maximum Gasteiger partial charge on any atom is 0.188 e. The minimum Gasteiger partial charge on any atom is -0.464 e. The Morgan fingerprint density at radius 3 is 3.00 bits per heavy atom. The molecule has 0 atom stereocenters. The van der Waals surface area contributed by atoms with E-state index in [9.17, 15) is 4.79 Å². The number of carbonyl (C=O) groups is 1. The molecule has 0 aliphatic carbocycles. The van der Waals surface area contributed by atoms with Crippen molar-refractivity contribution in [2.24, 2.45) is 0 Å². The van der Waals surface area contributed by atoms with Gasteiger partial charge in [-0.25, -0.2) is 0 Å². The number of furan rings is 1. The molecule has 17 heavy (non-hydrogen) atoms. The Morgan fingerprint density at radius 2 is 2.18 bits per heavy atom. The number of nitrogens with zero attached hydrogens (tertiary/aromatic N) is 2. The molecular formula is C13H10N2O2. The maximum atomic E-state index is 12.1. The van der Waals surface area contributed by atoms with Gasteiger partial charge < -0.3 is 4.42 Å². The van der Waals surface area contributed by atoms with Crippen LogP contribution in [0, 0.1) is 0 Å². The fourth-order valence-electron chi connectivity index (χ4n) is 1.82. The largest absolute Gasteiger partial charge is 0.464 e. The fraction of sp³-hybridized carbons (Fsp3) is 0.0769. The van der Waals surface area contributed by atoms with Crippen molar-refractivity contribution in [3.05, 3.63) is 54.6 Å². The molecule has 0 unspecified atom stereocenters. The zero-order valence-corrected chi connectivity index (χ0v) is 9.04. The van der Waals surface area contributed by atoms with Crippen molar-refractivity contribution in [2.45, 2.75) is 6.54 Å². The van der Waals surface area contributed by atoms with Crippen LogP contribution < -0.4 is 0 Å². The van der Waals surface area contributed by atoms with Gasteiger partial charge in [-0.2, -0.15) is 5.10 Å². The number of fused-ring (bicyclic) bond motifs is 1. The van der Waals surface area contributed by atoms with E-state index in [1.165, 1.54) is 6.26 Å². The first-order valence-electron chi connectivity index (χ1n) is 5.31. The van der Waals surface area contributed by atoms with Crippen molar-refractivity contribution >= 4 is 16.8 Å². The van der Waals surface area contributed by atoms with E-state index in [1.54, 1.807) is 23.1 Å². The van der Waals surface area contributed by atoms with Gasteiger partial charge >= 0.3 is 0 Å². The van der Waals surface area contributed by atoms with Crippen LogP contribution in [0.3, 0.4) is 0 Å². The van der Waals surface area contributed by atoms with Crippen LogP contribution in [0.1, 0.15) is 10.4 Å². The summed E-state index contributed by atoms with van der Waals surface area (Å²) < 4.78 is 6.94. The Balaban J connectivity index is 1.96. The van der Waals surface area contributed by atoms with Crippen LogP contribution in [0.2, 0.25) is 0 Å². The van der Waals surface area contributed by atoms with E-state index in [1.807, 2.05) is 24.3 Å². The van der Waals surface area contributed by atoms with Gasteiger partial charge in [-0.15, -0.1) is 0 Å². The molecule has 2 heterocycles. The molecule has 0 bridgehead atoms. The molecule has 3 rings (SSSR count). The maximum absolute atomic E-state index is 12.1. The van der Waals surface area contributed by atoms with Crippen molar-refractivity contribution in [1.29, 1.82) is 0 Å². The summed E-state index contributed by atoms with van der Waals surface area (Å²) in [5.41, 5.74) is 1.34. The molecule has 0 aliphatic heterocycles. The van der Waals surface area contributed by atoms with Crippen LogP contribution in [-0.2, 0) is 6.54 Å². The first-order chi connectivity index (χ1) is 8.34. The molecule has 0 amide bonds. The van der Waals surface area contributed by atoms with Gasteiger partial charge in [-0.05, 0) is 12.1 Å². The third kappa shape index (κ3) is 1.73. The van der Waals surface area contributed by atoms with E-state index in [-0.39, 0.29) is 12.3 Å². The zero-order valence-electron chi connectivity index (χ0n) is 9.04. The highest BCUT2D eigenvalue weighted by Gasteiger charge is 2.13. The predicted octanol–water partition coefficient (Wildman–Crippen LogP) is 2.51. The number of carbonyl (C=O) groups excluding carboxylic acids is 1. The van der Waals surface area contributed by atoms with E-state index in [2.05, 4.69) is 5.10 Å². The molecule has 0 fully saturated rings. The standard InChI is InChI=1S/C13H10N2O2/c16-12(8-15-7-3-6-14-15)11-9-17-13-5-2-1-4-10(11)13/h1-7,9H,8H2. The van der Waals surface area contributed by atoms with Gasteiger partial charge in [0.05, 0.1) is 5.56 Å². The minimum absolute atomic E-state index is 0.00125. The number of rotatable bonds is 3. The van der Waals surface area contributed by atoms with Gasteiger partial charge in [0.25, 0.3) is 0 Å². The molecule has 84 valence electrons. The summed E-state index contributed by atoms with van der Waals surface area (Å²) >= 11 is 0. The van der Waals surface area contributed by atoms with Crippen molar-refractivity contribution in [3.8, 4) is 0 Å². The van der Waals surface area contributed by atoms with Crippen LogP contribution in [0.25, 0.3) is 11.0 Å². The SMILES string of the molecule is O=C(Cn1cccn1)c1coc2ccccc12. The number of ketones is 1. The molecule has 0 spiro atoms. The summed E-state index contributed by atoms with van der Waals surface area (Å²) in [5.74, 6) is -0.00125. The lowest BCUT2D eigenvalue weighted by atomic mass is 10.1. The smallest absolute Gasteiger partial charge is 0.188 e. The minimum atomic E-state index is -0.00125. The van der Waals surface area contributed by atoms with Crippen LogP contribution in [0.4, 0.5) is 0 Å². The number of para-hydroxylation sites is 1. The molecule has 0 radical (unpaired) electrons. The highest BCUT2D eigenvalue weighted by atomic mass is 16.3. The third-order valence-electron chi connectivity index (χ3n) is 2.65. The van der Waals surface area contributed by atoms with Gasteiger partial charge in [0, 0.05) is 17.8 Å². The summed E-state index contributed by atoms with van der Waals surface area (Å²) in [6.45, 7) is 0.233. The monoisotopic (exact) mass is 226 g/mol. The second-order valence-electron chi connectivity index (χ2n) is 3.77. The van der Waals surface area contributed by atoms with E-state index >= 15 is 0 Å². The lowest BCUT2D eigenvalue weighted by Crippen LogP contribution is -2.10. The molecular weight excluding hydrogens is 216 g/mol. The Bertz CT molecular complexity index is 653. The Labute approximate surface area is 97.5 Å². The molecule has 3 aromatic rings. The van der Waals surface area contributed by atoms with Crippen molar-refractivity contribution in [1.82, 2.24) is 9.78 Å². The molecule has 0 saturated carbocycles. The second-order valence-corrected chi connectivity index (χ2v) is 3.77. The number of Topliss-reactive ketones (excluding diaryl/α,β-unsaturated/α-hetero) is 1. The lowest BCUT2D eigenvalue weighted by Gasteiger charge is -1.98. The van der Waals surface area contributed by atoms with Crippen LogP contribution >= 0.6 is 0 Å². The summed E-state index contributed by atoms with van der Waals surface area (Å²) in [6.07, 6.45) is 4.93. The number of aromatic nitrogens is 2. The Kier molecular flexibility index (Phi) is 2.26. The molecule has 4 heteroatoms. The average Bonchev–Trinajstić information content (AvgIpc) is 2.96. The first kappa shape index (κ1) is 9.84. The summed E-state index contributed by atoms with van der Waals surface area (Å²) in [7, 11) is 0. The third-order valence-corrected chi connectivity index (χ3v) is 2.65. The van der Waals surface area contributed by atoms with E-state index in [0.717, 1.165) is 11.0 Å². The fourth-order valence-corrected chi connectivity index (χ4v) is 1.82. The van der Waals surface area contributed by atoms with Crippen LogP contribution in [0.15, 0.2) is 53.4 Å². The van der Waals surface area contributed by atoms with Crippen LogP contribution in [0.5, 0.6) is 0 Å².